The molecule has 1 saturated heterocycles. The fourth-order valence-electron chi connectivity index (χ4n) is 3.02. The van der Waals surface area contributed by atoms with Gasteiger partial charge >= 0.3 is 0 Å². The van der Waals surface area contributed by atoms with Gasteiger partial charge in [-0.3, -0.25) is 14.7 Å². The summed E-state index contributed by atoms with van der Waals surface area (Å²) >= 11 is 1.82. The molecule has 3 N–H and O–H groups in total. The molecule has 1 fully saturated rings. The van der Waals surface area contributed by atoms with Crippen LogP contribution in [0, 0.1) is 5.92 Å². The molecule has 2 heterocycles. The van der Waals surface area contributed by atoms with Crippen molar-refractivity contribution in [1.82, 2.24) is 20.9 Å². The van der Waals surface area contributed by atoms with Gasteiger partial charge in [-0.05, 0) is 36.6 Å². The SMILES string of the molecule is CN=C(NCC(C)Cc1cccs1)NC1CCN(CC(=O)NC)CC1.I. The molecular formula is C18H32IN5OS. The van der Waals surface area contributed by atoms with Crippen molar-refractivity contribution in [2.75, 3.05) is 40.3 Å². The van der Waals surface area contributed by atoms with Gasteiger partial charge in [0.15, 0.2) is 5.96 Å². The second-order valence-corrected chi connectivity index (χ2v) is 7.74. The van der Waals surface area contributed by atoms with Crippen LogP contribution in [0.4, 0.5) is 0 Å². The van der Waals surface area contributed by atoms with E-state index in [1.807, 2.05) is 18.4 Å². The monoisotopic (exact) mass is 493 g/mol. The van der Waals surface area contributed by atoms with E-state index in [-0.39, 0.29) is 29.9 Å². The average molecular weight is 493 g/mol. The van der Waals surface area contributed by atoms with Gasteiger partial charge in [-0.2, -0.15) is 0 Å². The smallest absolute Gasteiger partial charge is 0.233 e. The molecule has 0 aliphatic carbocycles. The zero-order valence-electron chi connectivity index (χ0n) is 16.0. The molecule has 0 spiro atoms. The summed E-state index contributed by atoms with van der Waals surface area (Å²) in [6.07, 6.45) is 3.16. The fourth-order valence-corrected chi connectivity index (χ4v) is 3.89. The number of hydrogen-bond acceptors (Lipinski definition) is 4. The number of aliphatic imine (C=N–C) groups is 1. The first kappa shape index (κ1) is 23.2. The Morgan fingerprint density at radius 2 is 2.15 bits per heavy atom. The minimum atomic E-state index is 0. The highest BCUT2D eigenvalue weighted by molar-refractivity contribution is 14.0. The van der Waals surface area contributed by atoms with Crippen LogP contribution in [0.15, 0.2) is 22.5 Å². The fraction of sp³-hybridized carbons (Fsp3) is 0.667. The van der Waals surface area contributed by atoms with Crippen molar-refractivity contribution >= 4 is 47.2 Å². The summed E-state index contributed by atoms with van der Waals surface area (Å²) in [4.78, 5) is 19.4. The Bertz CT molecular complexity index is 544. The Morgan fingerprint density at radius 3 is 2.73 bits per heavy atom. The van der Waals surface area contributed by atoms with Gasteiger partial charge in [0.05, 0.1) is 6.54 Å². The molecule has 1 amide bonds. The summed E-state index contributed by atoms with van der Waals surface area (Å²) in [5, 5.41) is 11.8. The summed E-state index contributed by atoms with van der Waals surface area (Å²) < 4.78 is 0. The number of carbonyl (C=O) groups excluding carboxylic acids is 1. The van der Waals surface area contributed by atoms with Crippen molar-refractivity contribution in [3.8, 4) is 0 Å². The average Bonchev–Trinajstić information content (AvgIpc) is 3.12. The van der Waals surface area contributed by atoms with Crippen molar-refractivity contribution in [2.24, 2.45) is 10.9 Å². The number of guanidine groups is 1. The molecule has 1 aliphatic heterocycles. The molecule has 2 rings (SSSR count). The normalized spacial score (nSPS) is 17.3. The molecule has 148 valence electrons. The Morgan fingerprint density at radius 1 is 1.42 bits per heavy atom. The zero-order chi connectivity index (χ0) is 18.1. The maximum Gasteiger partial charge on any atom is 0.233 e. The minimum absolute atomic E-state index is 0. The molecule has 0 bridgehead atoms. The van der Waals surface area contributed by atoms with Gasteiger partial charge in [-0.25, -0.2) is 0 Å². The van der Waals surface area contributed by atoms with Crippen molar-refractivity contribution in [2.45, 2.75) is 32.2 Å². The van der Waals surface area contributed by atoms with Crippen LogP contribution in [-0.2, 0) is 11.2 Å². The van der Waals surface area contributed by atoms with E-state index in [1.165, 1.54) is 4.88 Å². The van der Waals surface area contributed by atoms with Crippen LogP contribution in [0.5, 0.6) is 0 Å². The van der Waals surface area contributed by atoms with Gasteiger partial charge in [0.1, 0.15) is 0 Å². The quantitative estimate of drug-likeness (QED) is 0.309. The van der Waals surface area contributed by atoms with Gasteiger partial charge in [-0.15, -0.1) is 35.3 Å². The van der Waals surface area contributed by atoms with E-state index >= 15 is 0 Å². The highest BCUT2D eigenvalue weighted by atomic mass is 127. The molecule has 0 aromatic carbocycles. The lowest BCUT2D eigenvalue weighted by Gasteiger charge is -2.32. The maximum atomic E-state index is 11.5. The third-order valence-electron chi connectivity index (χ3n) is 4.55. The van der Waals surface area contributed by atoms with E-state index in [4.69, 9.17) is 0 Å². The molecule has 1 aliphatic rings. The number of rotatable bonds is 7. The third kappa shape index (κ3) is 8.22. The predicted molar refractivity (Wildman–Crippen MR) is 121 cm³/mol. The number of carbonyl (C=O) groups is 1. The highest BCUT2D eigenvalue weighted by Gasteiger charge is 2.21. The van der Waals surface area contributed by atoms with Gasteiger partial charge in [0.25, 0.3) is 0 Å². The molecule has 8 heteroatoms. The minimum Gasteiger partial charge on any atom is -0.358 e. The van der Waals surface area contributed by atoms with Crippen molar-refractivity contribution in [3.63, 3.8) is 0 Å². The Kier molecular flexibility index (Phi) is 11.1. The van der Waals surface area contributed by atoms with E-state index < -0.39 is 0 Å². The number of thiophene rings is 1. The third-order valence-corrected chi connectivity index (χ3v) is 5.44. The standard InChI is InChI=1S/C18H31N5OS.HI/c1-14(11-16-5-4-10-25-16)12-21-18(20-3)22-15-6-8-23(9-7-15)13-17(24)19-2;/h4-5,10,14-15H,6-9,11-13H2,1-3H3,(H,19,24)(H2,20,21,22);1H. The predicted octanol–water partition coefficient (Wildman–Crippen LogP) is 1.92. The largest absolute Gasteiger partial charge is 0.358 e. The molecule has 1 unspecified atom stereocenters. The van der Waals surface area contributed by atoms with E-state index in [0.717, 1.165) is 44.9 Å². The Hall–Kier alpha value is -0.870. The molecule has 0 saturated carbocycles. The van der Waals surface area contributed by atoms with Crippen molar-refractivity contribution < 1.29 is 4.79 Å². The van der Waals surface area contributed by atoms with Crippen LogP contribution in [0.1, 0.15) is 24.6 Å². The lowest BCUT2D eigenvalue weighted by Crippen LogP contribution is -2.50. The molecule has 1 aromatic rings. The van der Waals surface area contributed by atoms with Gasteiger partial charge in [-0.1, -0.05) is 13.0 Å². The van der Waals surface area contributed by atoms with Crippen LogP contribution in [0.3, 0.4) is 0 Å². The molecular weight excluding hydrogens is 461 g/mol. The first-order valence-corrected chi connectivity index (χ1v) is 9.91. The molecule has 26 heavy (non-hydrogen) atoms. The lowest BCUT2D eigenvalue weighted by atomic mass is 10.1. The molecule has 6 nitrogen and oxygen atoms in total. The summed E-state index contributed by atoms with van der Waals surface area (Å²) in [6.45, 7) is 5.55. The van der Waals surface area contributed by atoms with Crippen LogP contribution < -0.4 is 16.0 Å². The summed E-state index contributed by atoms with van der Waals surface area (Å²) in [7, 11) is 3.51. The highest BCUT2D eigenvalue weighted by Crippen LogP contribution is 2.14. The second-order valence-electron chi connectivity index (χ2n) is 6.71. The maximum absolute atomic E-state index is 11.5. The molecule has 1 aromatic heterocycles. The van der Waals surface area contributed by atoms with Gasteiger partial charge in [0, 0.05) is 44.6 Å². The number of likely N-dealkylation sites (N-methyl/N-ethyl adjacent to an activating group) is 1. The van der Waals surface area contributed by atoms with E-state index in [2.05, 4.69) is 50.3 Å². The van der Waals surface area contributed by atoms with Crippen LogP contribution in [0.25, 0.3) is 0 Å². The van der Waals surface area contributed by atoms with Crippen molar-refractivity contribution in [1.29, 1.82) is 0 Å². The van der Waals surface area contributed by atoms with E-state index in [9.17, 15) is 4.79 Å². The van der Waals surface area contributed by atoms with Crippen molar-refractivity contribution in [3.05, 3.63) is 22.4 Å². The zero-order valence-corrected chi connectivity index (χ0v) is 19.1. The van der Waals surface area contributed by atoms with E-state index in [0.29, 0.717) is 18.5 Å². The number of hydrogen-bond donors (Lipinski definition) is 3. The van der Waals surface area contributed by atoms with E-state index in [1.54, 1.807) is 7.05 Å². The van der Waals surface area contributed by atoms with Gasteiger partial charge in [0.2, 0.25) is 5.91 Å². The number of likely N-dealkylation sites (tertiary alicyclic amines) is 1. The van der Waals surface area contributed by atoms with Crippen LogP contribution >= 0.6 is 35.3 Å². The first-order valence-electron chi connectivity index (χ1n) is 9.03. The topological polar surface area (TPSA) is 68.8 Å². The van der Waals surface area contributed by atoms with Crippen LogP contribution in [-0.4, -0.2) is 63.1 Å². The summed E-state index contributed by atoms with van der Waals surface area (Å²) in [6, 6.07) is 4.72. The number of amides is 1. The number of halogens is 1. The van der Waals surface area contributed by atoms with Crippen LogP contribution in [0.2, 0.25) is 0 Å². The van der Waals surface area contributed by atoms with Gasteiger partial charge < -0.3 is 16.0 Å². The number of nitrogens with one attached hydrogen (secondary N) is 3. The number of piperidine rings is 1. The lowest BCUT2D eigenvalue weighted by molar-refractivity contribution is -0.122. The Balaban J connectivity index is 0.00000338. The second kappa shape index (κ2) is 12.5. The first-order chi connectivity index (χ1) is 12.1. The molecule has 0 radical (unpaired) electrons. The Labute approximate surface area is 178 Å². The summed E-state index contributed by atoms with van der Waals surface area (Å²) in [5.41, 5.74) is 0. The summed E-state index contributed by atoms with van der Waals surface area (Å²) in [5.74, 6) is 1.53. The number of nitrogens with zero attached hydrogens (tertiary/aromatic N) is 2. The molecule has 1 atom stereocenters.